The third kappa shape index (κ3) is 1.44. The van der Waals surface area contributed by atoms with Gasteiger partial charge in [0.1, 0.15) is 0 Å². The number of carbonyl (C=O) groups excluding carboxylic acids is 1. The summed E-state index contributed by atoms with van der Waals surface area (Å²) in [6.07, 6.45) is 1.57. The molecule has 1 aromatic rings. The highest BCUT2D eigenvalue weighted by atomic mass is 16.2. The Bertz CT molecular complexity index is 396. The first-order valence-electron chi connectivity index (χ1n) is 5.88. The molecule has 1 fully saturated rings. The van der Waals surface area contributed by atoms with Crippen molar-refractivity contribution in [3.63, 3.8) is 0 Å². The second-order valence-electron chi connectivity index (χ2n) is 5.15. The van der Waals surface area contributed by atoms with Gasteiger partial charge in [-0.1, -0.05) is 37.3 Å². The summed E-state index contributed by atoms with van der Waals surface area (Å²) in [5.41, 5.74) is 1.03. The van der Waals surface area contributed by atoms with Crippen molar-refractivity contribution in [3.05, 3.63) is 35.9 Å². The van der Waals surface area contributed by atoms with E-state index in [-0.39, 0.29) is 16.9 Å². The molecule has 16 heavy (non-hydrogen) atoms. The highest BCUT2D eigenvalue weighted by molar-refractivity contribution is 5.82. The van der Waals surface area contributed by atoms with Gasteiger partial charge in [0.2, 0.25) is 5.91 Å². The van der Waals surface area contributed by atoms with Crippen molar-refractivity contribution in [2.45, 2.75) is 44.6 Å². The van der Waals surface area contributed by atoms with Gasteiger partial charge in [0, 0.05) is 17.4 Å². The van der Waals surface area contributed by atoms with Crippen LogP contribution in [0.1, 0.15) is 39.2 Å². The first-order valence-corrected chi connectivity index (χ1v) is 5.88. The van der Waals surface area contributed by atoms with Crippen molar-refractivity contribution in [1.82, 2.24) is 5.32 Å². The van der Waals surface area contributed by atoms with E-state index in [9.17, 15) is 4.79 Å². The molecule has 0 aromatic heterocycles. The van der Waals surface area contributed by atoms with E-state index in [0.717, 1.165) is 6.42 Å². The highest BCUT2D eigenvalue weighted by Gasteiger charge is 2.52. The van der Waals surface area contributed by atoms with Crippen LogP contribution in [0.25, 0.3) is 0 Å². The summed E-state index contributed by atoms with van der Waals surface area (Å²) in [5.74, 6) is 0.163. The molecule has 1 aromatic carbocycles. The Balaban J connectivity index is 2.52. The van der Waals surface area contributed by atoms with Gasteiger partial charge >= 0.3 is 0 Å². The van der Waals surface area contributed by atoms with Gasteiger partial charge in [-0.3, -0.25) is 4.79 Å². The zero-order valence-corrected chi connectivity index (χ0v) is 10.2. The van der Waals surface area contributed by atoms with Crippen LogP contribution in [0.2, 0.25) is 0 Å². The second-order valence-corrected chi connectivity index (χ2v) is 5.15. The molecule has 0 saturated carbocycles. The molecular weight excluding hydrogens is 198 g/mol. The van der Waals surface area contributed by atoms with Crippen LogP contribution < -0.4 is 5.32 Å². The lowest BCUT2D eigenvalue weighted by atomic mass is 9.66. The highest BCUT2D eigenvalue weighted by Crippen LogP contribution is 2.45. The lowest BCUT2D eigenvalue weighted by Crippen LogP contribution is -2.49. The third-order valence-electron chi connectivity index (χ3n) is 4.04. The molecule has 1 saturated heterocycles. The number of amides is 1. The minimum Gasteiger partial charge on any atom is -0.350 e. The molecule has 1 aliphatic rings. The Morgan fingerprint density at radius 1 is 1.25 bits per heavy atom. The van der Waals surface area contributed by atoms with Gasteiger partial charge in [0.25, 0.3) is 0 Å². The maximum atomic E-state index is 11.7. The minimum atomic E-state index is -0.166. The molecule has 1 aliphatic heterocycles. The van der Waals surface area contributed by atoms with Crippen LogP contribution in [0.4, 0.5) is 0 Å². The van der Waals surface area contributed by atoms with Gasteiger partial charge in [-0.2, -0.15) is 0 Å². The molecule has 1 unspecified atom stereocenters. The van der Waals surface area contributed by atoms with E-state index >= 15 is 0 Å². The monoisotopic (exact) mass is 217 g/mol. The van der Waals surface area contributed by atoms with E-state index in [1.807, 2.05) is 18.2 Å². The molecule has 1 atom stereocenters. The van der Waals surface area contributed by atoms with Crippen molar-refractivity contribution in [1.29, 1.82) is 0 Å². The van der Waals surface area contributed by atoms with Crippen LogP contribution in [0.3, 0.4) is 0 Å². The van der Waals surface area contributed by atoms with Gasteiger partial charge in [-0.15, -0.1) is 0 Å². The topological polar surface area (TPSA) is 29.1 Å². The molecule has 2 rings (SSSR count). The zero-order valence-electron chi connectivity index (χ0n) is 10.2. The standard InChI is InChI=1S/C14H19NO/c1-4-14(11-8-6-5-7-9-11)10-12(16)15-13(14,2)3/h5-9H,4,10H2,1-3H3,(H,15,16). The largest absolute Gasteiger partial charge is 0.350 e. The normalized spacial score (nSPS) is 27.8. The first kappa shape index (κ1) is 11.2. The van der Waals surface area contributed by atoms with Gasteiger partial charge in [-0.05, 0) is 25.8 Å². The van der Waals surface area contributed by atoms with E-state index in [0.29, 0.717) is 6.42 Å². The molecule has 1 heterocycles. The number of nitrogens with one attached hydrogen (secondary N) is 1. The maximum Gasteiger partial charge on any atom is 0.221 e. The fourth-order valence-electron chi connectivity index (χ4n) is 3.00. The number of hydrogen-bond acceptors (Lipinski definition) is 1. The number of carbonyl (C=O) groups is 1. The number of rotatable bonds is 2. The quantitative estimate of drug-likeness (QED) is 0.810. The van der Waals surface area contributed by atoms with E-state index in [2.05, 4.69) is 38.2 Å². The molecule has 0 spiro atoms. The fraction of sp³-hybridized carbons (Fsp3) is 0.500. The average Bonchev–Trinajstić information content (AvgIpc) is 2.49. The summed E-state index contributed by atoms with van der Waals surface area (Å²) < 4.78 is 0. The molecule has 0 bridgehead atoms. The molecule has 86 valence electrons. The summed E-state index contributed by atoms with van der Waals surface area (Å²) in [4.78, 5) is 11.7. The SMILES string of the molecule is CCC1(c2ccccc2)CC(=O)NC1(C)C. The maximum absolute atomic E-state index is 11.7. The predicted octanol–water partition coefficient (Wildman–Crippen LogP) is 2.63. The van der Waals surface area contributed by atoms with E-state index in [1.54, 1.807) is 0 Å². The predicted molar refractivity (Wildman–Crippen MR) is 65.2 cm³/mol. The Morgan fingerprint density at radius 3 is 2.31 bits per heavy atom. The van der Waals surface area contributed by atoms with Crippen molar-refractivity contribution >= 4 is 5.91 Å². The van der Waals surface area contributed by atoms with Crippen LogP contribution in [-0.2, 0) is 10.2 Å². The summed E-state index contributed by atoms with van der Waals surface area (Å²) >= 11 is 0. The smallest absolute Gasteiger partial charge is 0.221 e. The lowest BCUT2D eigenvalue weighted by molar-refractivity contribution is -0.119. The average molecular weight is 217 g/mol. The number of benzene rings is 1. The van der Waals surface area contributed by atoms with Gasteiger partial charge in [0.15, 0.2) is 0 Å². The molecule has 1 amide bonds. The molecule has 2 nitrogen and oxygen atoms in total. The van der Waals surface area contributed by atoms with Crippen molar-refractivity contribution in [2.24, 2.45) is 0 Å². The summed E-state index contributed by atoms with van der Waals surface area (Å²) in [5, 5.41) is 3.09. The van der Waals surface area contributed by atoms with Crippen LogP contribution in [0.15, 0.2) is 30.3 Å². The molecule has 2 heteroatoms. The summed E-state index contributed by atoms with van der Waals surface area (Å²) in [6.45, 7) is 6.40. The molecule has 0 aliphatic carbocycles. The summed E-state index contributed by atoms with van der Waals surface area (Å²) in [6, 6.07) is 10.4. The van der Waals surface area contributed by atoms with E-state index in [4.69, 9.17) is 0 Å². The zero-order chi connectivity index (χ0) is 11.8. The molecule has 0 radical (unpaired) electrons. The minimum absolute atomic E-state index is 0.0641. The lowest BCUT2D eigenvalue weighted by Gasteiger charge is -2.40. The van der Waals surface area contributed by atoms with Crippen LogP contribution in [-0.4, -0.2) is 11.4 Å². The van der Waals surface area contributed by atoms with Gasteiger partial charge in [0.05, 0.1) is 0 Å². The Morgan fingerprint density at radius 2 is 1.88 bits per heavy atom. The Hall–Kier alpha value is -1.31. The van der Waals surface area contributed by atoms with Gasteiger partial charge in [-0.25, -0.2) is 0 Å². The molecular formula is C14H19NO. The second kappa shape index (κ2) is 3.62. The first-order chi connectivity index (χ1) is 7.52. The van der Waals surface area contributed by atoms with Crippen LogP contribution >= 0.6 is 0 Å². The van der Waals surface area contributed by atoms with Crippen molar-refractivity contribution in [2.75, 3.05) is 0 Å². The van der Waals surface area contributed by atoms with E-state index in [1.165, 1.54) is 5.56 Å². The van der Waals surface area contributed by atoms with Crippen LogP contribution in [0, 0.1) is 0 Å². The Kier molecular flexibility index (Phi) is 2.53. The van der Waals surface area contributed by atoms with E-state index < -0.39 is 0 Å². The molecule has 1 N–H and O–H groups in total. The number of hydrogen-bond donors (Lipinski definition) is 1. The van der Waals surface area contributed by atoms with Crippen molar-refractivity contribution in [3.8, 4) is 0 Å². The van der Waals surface area contributed by atoms with Crippen LogP contribution in [0.5, 0.6) is 0 Å². The fourth-order valence-corrected chi connectivity index (χ4v) is 3.00. The Labute approximate surface area is 97.1 Å². The van der Waals surface area contributed by atoms with Crippen molar-refractivity contribution < 1.29 is 4.79 Å². The third-order valence-corrected chi connectivity index (χ3v) is 4.04. The summed E-state index contributed by atoms with van der Waals surface area (Å²) in [7, 11) is 0. The van der Waals surface area contributed by atoms with Gasteiger partial charge < -0.3 is 5.32 Å².